The Balaban J connectivity index is 1.09. The first-order chi connectivity index (χ1) is 18.7. The van der Waals surface area contributed by atoms with Crippen molar-refractivity contribution in [3.8, 4) is 0 Å². The highest BCUT2D eigenvalue weighted by Gasteiger charge is 2.06. The lowest BCUT2D eigenvalue weighted by Crippen LogP contribution is -2.21. The minimum absolute atomic E-state index is 1.09. The van der Waals surface area contributed by atoms with Gasteiger partial charge in [-0.25, -0.2) is 0 Å². The van der Waals surface area contributed by atoms with Crippen LogP contribution in [0.15, 0.2) is 71.8 Å². The summed E-state index contributed by atoms with van der Waals surface area (Å²) in [6, 6.07) is 0. The highest BCUT2D eigenvalue weighted by molar-refractivity contribution is 5.22. The summed E-state index contributed by atoms with van der Waals surface area (Å²) in [5.74, 6) is 0. The molecule has 0 saturated carbocycles. The molecule has 0 spiro atoms. The van der Waals surface area contributed by atoms with E-state index in [1.807, 2.05) is 0 Å². The van der Waals surface area contributed by atoms with Crippen LogP contribution in [0.2, 0.25) is 0 Å². The van der Waals surface area contributed by atoms with Crippen LogP contribution >= 0.6 is 0 Å². The molecule has 0 aromatic heterocycles. The fourth-order valence-electron chi connectivity index (χ4n) is 5.88. The zero-order valence-corrected chi connectivity index (χ0v) is 24.9. The van der Waals surface area contributed by atoms with E-state index in [0.717, 1.165) is 19.6 Å². The van der Waals surface area contributed by atoms with E-state index >= 15 is 0 Å². The van der Waals surface area contributed by atoms with Crippen molar-refractivity contribution in [2.24, 2.45) is 0 Å². The van der Waals surface area contributed by atoms with Gasteiger partial charge in [-0.1, -0.05) is 100 Å². The van der Waals surface area contributed by atoms with Crippen LogP contribution < -0.4 is 0 Å². The minimum atomic E-state index is 1.09. The van der Waals surface area contributed by atoms with Crippen LogP contribution in [-0.4, -0.2) is 54.5 Å². The molecule has 3 heterocycles. The third-order valence-electron chi connectivity index (χ3n) is 8.11. The maximum absolute atomic E-state index is 2.55. The monoisotopic (exact) mass is 519 g/mol. The lowest BCUT2D eigenvalue weighted by Gasteiger charge is -2.23. The van der Waals surface area contributed by atoms with Crippen LogP contribution in [0.4, 0.5) is 0 Å². The Bertz CT molecular complexity index is 828. The number of hydrogen-bond acceptors (Lipinski definition) is 3. The number of allylic oxidation sites excluding steroid dienone is 6. The second-order valence-electron chi connectivity index (χ2n) is 11.9. The molecule has 3 rings (SSSR count). The quantitative estimate of drug-likeness (QED) is 0.148. The fourth-order valence-corrected chi connectivity index (χ4v) is 5.88. The Kier molecular flexibility index (Phi) is 15.2. The number of unbranched alkanes of at least 4 members (excludes halogenated alkanes) is 12. The summed E-state index contributed by atoms with van der Waals surface area (Å²) < 4.78 is 0. The van der Waals surface area contributed by atoms with Gasteiger partial charge in [-0.15, -0.1) is 0 Å². The average molecular weight is 520 g/mol. The fraction of sp³-hybridized carbons (Fsp3) is 0.657. The zero-order chi connectivity index (χ0) is 26.7. The molecule has 3 aliphatic rings. The summed E-state index contributed by atoms with van der Waals surface area (Å²) in [4.78, 5) is 7.29. The van der Waals surface area contributed by atoms with E-state index < -0.39 is 0 Å². The maximum atomic E-state index is 2.55. The van der Waals surface area contributed by atoms with Crippen molar-refractivity contribution in [2.45, 2.75) is 110 Å². The molecule has 0 saturated heterocycles. The van der Waals surface area contributed by atoms with Crippen molar-refractivity contribution in [1.29, 1.82) is 0 Å². The molecular formula is C35H57N3. The molecule has 0 unspecified atom stereocenters. The third-order valence-corrected chi connectivity index (χ3v) is 8.11. The van der Waals surface area contributed by atoms with Gasteiger partial charge in [0.05, 0.1) is 0 Å². The smallest absolute Gasteiger partial charge is 0.0383 e. The van der Waals surface area contributed by atoms with E-state index in [1.165, 1.54) is 121 Å². The topological polar surface area (TPSA) is 9.72 Å². The first kappa shape index (κ1) is 30.4. The van der Waals surface area contributed by atoms with Gasteiger partial charge in [-0.05, 0) is 68.9 Å². The molecule has 212 valence electrons. The maximum Gasteiger partial charge on any atom is 0.0383 e. The lowest BCUT2D eigenvalue weighted by atomic mass is 10.0. The lowest BCUT2D eigenvalue weighted by molar-refractivity contribution is 0.387. The van der Waals surface area contributed by atoms with Crippen molar-refractivity contribution >= 4 is 0 Å². The van der Waals surface area contributed by atoms with Gasteiger partial charge in [-0.3, -0.25) is 0 Å². The van der Waals surface area contributed by atoms with E-state index in [0.29, 0.717) is 0 Å². The normalized spacial score (nSPS) is 17.2. The van der Waals surface area contributed by atoms with Crippen LogP contribution in [0, 0.1) is 0 Å². The van der Waals surface area contributed by atoms with Crippen LogP contribution in [0.3, 0.4) is 0 Å². The molecule has 0 amide bonds. The predicted octanol–water partition coefficient (Wildman–Crippen LogP) is 9.14. The Hall–Kier alpha value is -2.16. The third kappa shape index (κ3) is 13.6. The van der Waals surface area contributed by atoms with Crippen LogP contribution in [0.5, 0.6) is 0 Å². The molecule has 0 aliphatic carbocycles. The van der Waals surface area contributed by atoms with Crippen molar-refractivity contribution < 1.29 is 0 Å². The Morgan fingerprint density at radius 1 is 0.632 bits per heavy atom. The Morgan fingerprint density at radius 2 is 1.18 bits per heavy atom. The number of rotatable bonds is 20. The van der Waals surface area contributed by atoms with E-state index in [9.17, 15) is 0 Å². The van der Waals surface area contributed by atoms with E-state index in [1.54, 1.807) is 11.1 Å². The van der Waals surface area contributed by atoms with Crippen LogP contribution in [0.1, 0.15) is 110 Å². The van der Waals surface area contributed by atoms with Gasteiger partial charge >= 0.3 is 0 Å². The van der Waals surface area contributed by atoms with Crippen molar-refractivity contribution in [2.75, 3.05) is 39.8 Å². The van der Waals surface area contributed by atoms with E-state index in [-0.39, 0.29) is 0 Å². The zero-order valence-electron chi connectivity index (χ0n) is 24.9. The molecule has 0 bridgehead atoms. The molecular weight excluding hydrogens is 462 g/mol. The molecule has 0 N–H and O–H groups in total. The van der Waals surface area contributed by atoms with Crippen molar-refractivity contribution in [1.82, 2.24) is 14.7 Å². The highest BCUT2D eigenvalue weighted by Crippen LogP contribution is 2.19. The standard InChI is InChI=1S/C35H57N3/c1-33-20-17-28-37(30-33)26-15-11-7-4-6-10-14-22-35-24-19-29-38(32-35)27-16-12-8-3-5-9-13-21-34-23-18-25-36(2)31-34/h17-20,23-25,30,32H,3-16,21-22,26-29,31H2,1-2H3. The molecule has 0 fully saturated rings. The molecule has 0 aromatic carbocycles. The van der Waals surface area contributed by atoms with Crippen LogP contribution in [-0.2, 0) is 0 Å². The Morgan fingerprint density at radius 3 is 1.82 bits per heavy atom. The number of nitrogens with zero attached hydrogens (tertiary/aromatic N) is 3. The van der Waals surface area contributed by atoms with Gasteiger partial charge in [0.15, 0.2) is 0 Å². The first-order valence-corrected chi connectivity index (χ1v) is 16.0. The molecule has 0 radical (unpaired) electrons. The highest BCUT2D eigenvalue weighted by atomic mass is 15.1. The van der Waals surface area contributed by atoms with Crippen molar-refractivity contribution in [3.63, 3.8) is 0 Å². The average Bonchev–Trinajstić information content (AvgIpc) is 2.91. The molecule has 0 aromatic rings. The molecule has 3 aliphatic heterocycles. The van der Waals surface area contributed by atoms with Gasteiger partial charge in [0.2, 0.25) is 0 Å². The molecule has 0 atom stereocenters. The molecule has 3 heteroatoms. The largest absolute Gasteiger partial charge is 0.376 e. The van der Waals surface area contributed by atoms with E-state index in [4.69, 9.17) is 0 Å². The van der Waals surface area contributed by atoms with Gasteiger partial charge in [0.1, 0.15) is 0 Å². The van der Waals surface area contributed by atoms with Gasteiger partial charge < -0.3 is 14.7 Å². The number of hydrogen-bond donors (Lipinski definition) is 0. The summed E-state index contributed by atoms with van der Waals surface area (Å²) in [7, 11) is 2.17. The van der Waals surface area contributed by atoms with Crippen LogP contribution in [0.25, 0.3) is 0 Å². The van der Waals surface area contributed by atoms with E-state index in [2.05, 4.69) is 83.7 Å². The molecule has 38 heavy (non-hydrogen) atoms. The van der Waals surface area contributed by atoms with Crippen molar-refractivity contribution in [3.05, 3.63) is 71.8 Å². The summed E-state index contributed by atoms with van der Waals surface area (Å²) >= 11 is 0. The second kappa shape index (κ2) is 19.0. The summed E-state index contributed by atoms with van der Waals surface area (Å²) in [6.45, 7) is 7.95. The van der Waals surface area contributed by atoms with Gasteiger partial charge in [0.25, 0.3) is 0 Å². The Labute approximate surface area is 235 Å². The summed E-state index contributed by atoms with van der Waals surface area (Å²) in [5, 5.41) is 0. The first-order valence-electron chi connectivity index (χ1n) is 16.0. The van der Waals surface area contributed by atoms with Gasteiger partial charge in [0, 0.05) is 52.2 Å². The minimum Gasteiger partial charge on any atom is -0.376 e. The SMILES string of the molecule is CC1=CN(CCCCCCCCCC2=CN(CCCCCCCCCC3=CC=CN(C)C3)CC=C2)CC=C1. The van der Waals surface area contributed by atoms with Gasteiger partial charge in [-0.2, -0.15) is 0 Å². The number of likely N-dealkylation sites (N-methyl/N-ethyl adjacent to an activating group) is 1. The molecule has 3 nitrogen and oxygen atoms in total. The summed E-state index contributed by atoms with van der Waals surface area (Å²) in [6.07, 6.45) is 42.6. The summed E-state index contributed by atoms with van der Waals surface area (Å²) in [5.41, 5.74) is 4.53. The predicted molar refractivity (Wildman–Crippen MR) is 167 cm³/mol. The second-order valence-corrected chi connectivity index (χ2v) is 11.9.